The monoisotopic (exact) mass is 263 g/mol. The minimum absolute atomic E-state index is 0.151. The lowest BCUT2D eigenvalue weighted by Crippen LogP contribution is -2.31. The van der Waals surface area contributed by atoms with Crippen molar-refractivity contribution in [3.05, 3.63) is 29.8 Å². The quantitative estimate of drug-likeness (QED) is 0.736. The summed E-state index contributed by atoms with van der Waals surface area (Å²) in [6.45, 7) is 5.43. The SMILES string of the molecule is CCN(CCC(=O)OC)CC1COc2ccccc21. The van der Waals surface area contributed by atoms with E-state index in [1.54, 1.807) is 0 Å². The number of carbonyl (C=O) groups excluding carboxylic acids is 1. The van der Waals surface area contributed by atoms with Crippen LogP contribution in [0.15, 0.2) is 24.3 Å². The van der Waals surface area contributed by atoms with Gasteiger partial charge in [-0.05, 0) is 12.6 Å². The summed E-state index contributed by atoms with van der Waals surface area (Å²) >= 11 is 0. The molecule has 0 saturated heterocycles. The number of benzene rings is 1. The summed E-state index contributed by atoms with van der Waals surface area (Å²) in [5, 5.41) is 0. The fourth-order valence-corrected chi connectivity index (χ4v) is 2.42. The summed E-state index contributed by atoms with van der Waals surface area (Å²) in [7, 11) is 1.43. The molecule has 0 spiro atoms. The molecule has 1 aliphatic heterocycles. The second-order valence-corrected chi connectivity index (χ2v) is 4.77. The van der Waals surface area contributed by atoms with Gasteiger partial charge in [-0.3, -0.25) is 4.79 Å². The maximum absolute atomic E-state index is 11.2. The van der Waals surface area contributed by atoms with Crippen molar-refractivity contribution in [3.63, 3.8) is 0 Å². The number of hydrogen-bond acceptors (Lipinski definition) is 4. The van der Waals surface area contributed by atoms with Gasteiger partial charge in [0.05, 0.1) is 20.1 Å². The Bertz CT molecular complexity index is 433. The molecule has 0 aromatic heterocycles. The van der Waals surface area contributed by atoms with Gasteiger partial charge in [0.25, 0.3) is 0 Å². The van der Waals surface area contributed by atoms with Crippen molar-refractivity contribution in [1.29, 1.82) is 0 Å². The molecule has 1 aromatic rings. The molecule has 0 bridgehead atoms. The highest BCUT2D eigenvalue weighted by atomic mass is 16.5. The van der Waals surface area contributed by atoms with Crippen molar-refractivity contribution in [2.45, 2.75) is 19.3 Å². The van der Waals surface area contributed by atoms with E-state index in [0.29, 0.717) is 12.3 Å². The zero-order chi connectivity index (χ0) is 13.7. The predicted molar refractivity (Wildman–Crippen MR) is 73.4 cm³/mol. The molecule has 0 radical (unpaired) electrons. The third kappa shape index (κ3) is 3.47. The van der Waals surface area contributed by atoms with E-state index in [2.05, 4.69) is 22.6 Å². The van der Waals surface area contributed by atoms with E-state index in [-0.39, 0.29) is 5.97 Å². The molecule has 1 heterocycles. The van der Waals surface area contributed by atoms with Gasteiger partial charge in [-0.1, -0.05) is 25.1 Å². The number of ether oxygens (including phenoxy) is 2. The summed E-state index contributed by atoms with van der Waals surface area (Å²) in [6.07, 6.45) is 0.444. The lowest BCUT2D eigenvalue weighted by molar-refractivity contribution is -0.141. The van der Waals surface area contributed by atoms with E-state index in [1.165, 1.54) is 12.7 Å². The van der Waals surface area contributed by atoms with E-state index in [1.807, 2.05) is 18.2 Å². The van der Waals surface area contributed by atoms with Crippen LogP contribution in [0.4, 0.5) is 0 Å². The van der Waals surface area contributed by atoms with Crippen LogP contribution in [0.3, 0.4) is 0 Å². The number of methoxy groups -OCH3 is 1. The van der Waals surface area contributed by atoms with Gasteiger partial charge in [0.15, 0.2) is 0 Å². The van der Waals surface area contributed by atoms with Gasteiger partial charge in [0.1, 0.15) is 5.75 Å². The molecule has 1 aromatic carbocycles. The summed E-state index contributed by atoms with van der Waals surface area (Å²) in [5.74, 6) is 1.24. The molecule has 4 heteroatoms. The molecule has 19 heavy (non-hydrogen) atoms. The van der Waals surface area contributed by atoms with Crippen LogP contribution in [0.2, 0.25) is 0 Å². The number of carbonyl (C=O) groups is 1. The number of esters is 1. The number of para-hydroxylation sites is 1. The maximum Gasteiger partial charge on any atom is 0.306 e. The Hall–Kier alpha value is -1.55. The van der Waals surface area contributed by atoms with Gasteiger partial charge in [-0.2, -0.15) is 0 Å². The van der Waals surface area contributed by atoms with Gasteiger partial charge < -0.3 is 14.4 Å². The van der Waals surface area contributed by atoms with Gasteiger partial charge in [-0.15, -0.1) is 0 Å². The molecular weight excluding hydrogens is 242 g/mol. The minimum atomic E-state index is -0.151. The first-order chi connectivity index (χ1) is 9.24. The van der Waals surface area contributed by atoms with Crippen molar-refractivity contribution in [1.82, 2.24) is 4.90 Å². The standard InChI is InChI=1S/C15H21NO3/c1-3-16(9-8-15(17)18-2)10-12-11-19-14-7-5-4-6-13(12)14/h4-7,12H,3,8-11H2,1-2H3. The first kappa shape index (κ1) is 13.9. The molecule has 0 N–H and O–H groups in total. The highest BCUT2D eigenvalue weighted by molar-refractivity contribution is 5.69. The number of nitrogens with zero attached hydrogens (tertiary/aromatic N) is 1. The fourth-order valence-electron chi connectivity index (χ4n) is 2.42. The van der Waals surface area contributed by atoms with Crippen LogP contribution in [0.5, 0.6) is 5.75 Å². The molecule has 0 saturated carbocycles. The Labute approximate surface area is 114 Å². The van der Waals surface area contributed by atoms with E-state index in [0.717, 1.165) is 32.0 Å². The average molecular weight is 263 g/mol. The van der Waals surface area contributed by atoms with Crippen LogP contribution in [-0.2, 0) is 9.53 Å². The van der Waals surface area contributed by atoms with Crippen molar-refractivity contribution in [2.24, 2.45) is 0 Å². The van der Waals surface area contributed by atoms with Crippen molar-refractivity contribution in [2.75, 3.05) is 33.4 Å². The summed E-state index contributed by atoms with van der Waals surface area (Å²) in [4.78, 5) is 13.5. The zero-order valence-corrected chi connectivity index (χ0v) is 11.6. The Morgan fingerprint density at radius 2 is 2.26 bits per heavy atom. The smallest absolute Gasteiger partial charge is 0.306 e. The normalized spacial score (nSPS) is 17.1. The highest BCUT2D eigenvalue weighted by Crippen LogP contribution is 2.33. The van der Waals surface area contributed by atoms with E-state index in [9.17, 15) is 4.79 Å². The van der Waals surface area contributed by atoms with Gasteiger partial charge in [-0.25, -0.2) is 0 Å². The molecule has 0 aliphatic carbocycles. The number of likely N-dealkylation sites (N-methyl/N-ethyl adjacent to an activating group) is 1. The van der Waals surface area contributed by atoms with Crippen LogP contribution in [0.25, 0.3) is 0 Å². The summed E-state index contributed by atoms with van der Waals surface area (Å²) in [5.41, 5.74) is 1.28. The maximum atomic E-state index is 11.2. The Morgan fingerprint density at radius 3 is 3.00 bits per heavy atom. The summed E-state index contributed by atoms with van der Waals surface area (Å²) in [6, 6.07) is 8.18. The Morgan fingerprint density at radius 1 is 1.47 bits per heavy atom. The van der Waals surface area contributed by atoms with Crippen molar-refractivity contribution >= 4 is 5.97 Å². The number of fused-ring (bicyclic) bond motifs is 1. The Kier molecular flexibility index (Phi) is 4.80. The molecule has 104 valence electrons. The van der Waals surface area contributed by atoms with Crippen LogP contribution in [0.1, 0.15) is 24.8 Å². The molecule has 4 nitrogen and oxygen atoms in total. The lowest BCUT2D eigenvalue weighted by Gasteiger charge is -2.23. The minimum Gasteiger partial charge on any atom is -0.493 e. The second-order valence-electron chi connectivity index (χ2n) is 4.77. The van der Waals surface area contributed by atoms with E-state index < -0.39 is 0 Å². The lowest BCUT2D eigenvalue weighted by atomic mass is 10.0. The molecule has 1 aliphatic rings. The van der Waals surface area contributed by atoms with Crippen LogP contribution in [-0.4, -0.2) is 44.2 Å². The number of rotatable bonds is 6. The highest BCUT2D eigenvalue weighted by Gasteiger charge is 2.25. The fraction of sp³-hybridized carbons (Fsp3) is 0.533. The summed E-state index contributed by atoms with van der Waals surface area (Å²) < 4.78 is 10.4. The molecular formula is C15H21NO3. The average Bonchev–Trinajstić information content (AvgIpc) is 2.86. The first-order valence-corrected chi connectivity index (χ1v) is 6.75. The molecule has 0 fully saturated rings. The second kappa shape index (κ2) is 6.57. The molecule has 1 atom stereocenters. The van der Waals surface area contributed by atoms with E-state index >= 15 is 0 Å². The third-order valence-electron chi connectivity index (χ3n) is 3.58. The van der Waals surface area contributed by atoms with Crippen molar-refractivity contribution < 1.29 is 14.3 Å². The van der Waals surface area contributed by atoms with E-state index in [4.69, 9.17) is 4.74 Å². The van der Waals surface area contributed by atoms with Gasteiger partial charge in [0.2, 0.25) is 0 Å². The molecule has 2 rings (SSSR count). The molecule has 1 unspecified atom stereocenters. The van der Waals surface area contributed by atoms with Gasteiger partial charge >= 0.3 is 5.97 Å². The first-order valence-electron chi connectivity index (χ1n) is 6.75. The predicted octanol–water partition coefficient (Wildman–Crippen LogP) is 2.05. The topological polar surface area (TPSA) is 38.8 Å². The largest absolute Gasteiger partial charge is 0.493 e. The van der Waals surface area contributed by atoms with Gasteiger partial charge in [0, 0.05) is 24.6 Å². The number of hydrogen-bond donors (Lipinski definition) is 0. The van der Waals surface area contributed by atoms with Crippen LogP contribution < -0.4 is 4.74 Å². The van der Waals surface area contributed by atoms with Crippen LogP contribution in [0, 0.1) is 0 Å². The van der Waals surface area contributed by atoms with Crippen molar-refractivity contribution in [3.8, 4) is 5.75 Å². The zero-order valence-electron chi connectivity index (χ0n) is 11.6. The van der Waals surface area contributed by atoms with Crippen LogP contribution >= 0.6 is 0 Å². The molecule has 0 amide bonds. The Balaban J connectivity index is 1.91. The third-order valence-corrected chi connectivity index (χ3v) is 3.58.